The smallest absolute Gasteiger partial charge is 0.277 e. The lowest BCUT2D eigenvalue weighted by atomic mass is 10.2. The number of carbonyl (C=O) groups excluding carboxylic acids is 1. The fourth-order valence-electron chi connectivity index (χ4n) is 3.00. The highest BCUT2D eigenvalue weighted by Crippen LogP contribution is 2.24. The number of carbonyl (C=O) groups is 1. The molecule has 0 aliphatic heterocycles. The topological polar surface area (TPSA) is 77.1 Å². The second-order valence-electron chi connectivity index (χ2n) is 6.30. The Hall–Kier alpha value is -3.26. The number of benzene rings is 1. The van der Waals surface area contributed by atoms with Crippen LogP contribution in [0.4, 0.5) is 10.1 Å². The molecule has 1 aromatic carbocycles. The third kappa shape index (κ3) is 3.11. The van der Waals surface area contributed by atoms with Crippen molar-refractivity contribution in [3.05, 3.63) is 76.2 Å². The predicted molar refractivity (Wildman–Crippen MR) is 103 cm³/mol. The number of amides is 1. The molecule has 0 saturated carbocycles. The van der Waals surface area contributed by atoms with Crippen molar-refractivity contribution in [2.24, 2.45) is 0 Å². The lowest BCUT2D eigenvalue weighted by Gasteiger charge is -2.07. The Balaban J connectivity index is 1.63. The van der Waals surface area contributed by atoms with Crippen LogP contribution in [-0.4, -0.2) is 30.3 Å². The molecule has 0 saturated heterocycles. The molecule has 3 aromatic heterocycles. The monoisotopic (exact) mass is 398 g/mol. The number of anilines is 1. The number of aromatic nitrogens is 5. The molecule has 0 aliphatic carbocycles. The van der Waals surface area contributed by atoms with Gasteiger partial charge in [0.1, 0.15) is 10.8 Å². The molecule has 9 heteroatoms. The number of aryl methyl sites for hydroxylation is 1. The van der Waals surface area contributed by atoms with Crippen LogP contribution < -0.4 is 5.32 Å². The Kier molecular flexibility index (Phi) is 4.56. The van der Waals surface area contributed by atoms with Crippen molar-refractivity contribution < 1.29 is 9.18 Å². The van der Waals surface area contributed by atoms with Gasteiger partial charge >= 0.3 is 0 Å². The average molecular weight is 399 g/mol. The zero-order valence-corrected chi connectivity index (χ0v) is 15.9. The molecule has 0 aliphatic rings. The number of fused-ring (bicyclic) bond motifs is 1. The maximum absolute atomic E-state index is 13.9. The minimum atomic E-state index is -0.466. The Morgan fingerprint density at radius 3 is 2.75 bits per heavy atom. The fourth-order valence-corrected chi connectivity index (χ4v) is 3.26. The van der Waals surface area contributed by atoms with E-state index in [0.29, 0.717) is 28.3 Å². The van der Waals surface area contributed by atoms with Gasteiger partial charge in [0.15, 0.2) is 11.3 Å². The number of hydrogen-bond acceptors (Lipinski definition) is 4. The normalized spacial score (nSPS) is 11.1. The van der Waals surface area contributed by atoms with E-state index < -0.39 is 5.91 Å². The highest BCUT2D eigenvalue weighted by atomic mass is 35.5. The minimum Gasteiger partial charge on any atom is -0.317 e. The lowest BCUT2D eigenvalue weighted by Crippen LogP contribution is -2.14. The second-order valence-corrected chi connectivity index (χ2v) is 6.68. The molecular formula is C19H16ClFN6O. The number of nitrogens with one attached hydrogen (secondary N) is 1. The molecule has 0 spiro atoms. The number of halogens is 2. The van der Waals surface area contributed by atoms with Gasteiger partial charge in [-0.25, -0.2) is 13.9 Å². The number of rotatable bonds is 4. The molecule has 0 radical (unpaired) electrons. The van der Waals surface area contributed by atoms with E-state index in [9.17, 15) is 9.18 Å². The maximum atomic E-state index is 13.9. The van der Waals surface area contributed by atoms with E-state index in [4.69, 9.17) is 11.6 Å². The van der Waals surface area contributed by atoms with E-state index in [1.54, 1.807) is 48.3 Å². The molecule has 28 heavy (non-hydrogen) atoms. The molecule has 4 rings (SSSR count). The zero-order valence-electron chi connectivity index (χ0n) is 15.1. The molecule has 142 valence electrons. The summed E-state index contributed by atoms with van der Waals surface area (Å²) in [5, 5.41) is 11.6. The van der Waals surface area contributed by atoms with Crippen molar-refractivity contribution in [2.75, 3.05) is 5.32 Å². The summed E-state index contributed by atoms with van der Waals surface area (Å²) in [5.74, 6) is -0.767. The first-order valence-corrected chi connectivity index (χ1v) is 8.91. The van der Waals surface area contributed by atoms with Crippen molar-refractivity contribution in [3.63, 3.8) is 0 Å². The van der Waals surface area contributed by atoms with Crippen LogP contribution in [0.15, 0.2) is 42.7 Å². The van der Waals surface area contributed by atoms with Crippen LogP contribution in [0.25, 0.3) is 5.65 Å². The van der Waals surface area contributed by atoms with Gasteiger partial charge < -0.3 is 5.32 Å². The lowest BCUT2D eigenvalue weighted by molar-refractivity contribution is 0.102. The van der Waals surface area contributed by atoms with Crippen LogP contribution in [0.3, 0.4) is 0 Å². The summed E-state index contributed by atoms with van der Waals surface area (Å²) < 4.78 is 17.0. The molecular weight excluding hydrogens is 383 g/mol. The summed E-state index contributed by atoms with van der Waals surface area (Å²) in [6.07, 6.45) is 3.24. The van der Waals surface area contributed by atoms with Gasteiger partial charge in [-0.05, 0) is 26.0 Å². The van der Waals surface area contributed by atoms with Gasteiger partial charge in [0.05, 0.1) is 23.6 Å². The van der Waals surface area contributed by atoms with Crippen LogP contribution in [0, 0.1) is 19.7 Å². The Bertz CT molecular complexity index is 1200. The third-order valence-electron chi connectivity index (χ3n) is 4.45. The van der Waals surface area contributed by atoms with Crippen molar-refractivity contribution in [2.45, 2.75) is 20.4 Å². The summed E-state index contributed by atoms with van der Waals surface area (Å²) in [5.41, 5.74) is 2.84. The van der Waals surface area contributed by atoms with Gasteiger partial charge in [0, 0.05) is 18.0 Å². The average Bonchev–Trinajstić information content (AvgIpc) is 3.15. The standard InChI is InChI=1S/C19H16ClFN6O/c1-11-16(12(2)27(24-11)10-13-6-3-4-7-14(13)21)23-19(28)17-15(20)18-22-8-5-9-26(18)25-17/h3-9H,10H2,1-2H3,(H,23,28). The molecule has 0 fully saturated rings. The van der Waals surface area contributed by atoms with Gasteiger partial charge in [-0.3, -0.25) is 9.48 Å². The number of nitrogens with zero attached hydrogens (tertiary/aromatic N) is 5. The van der Waals surface area contributed by atoms with Crippen LogP contribution in [0.2, 0.25) is 5.02 Å². The van der Waals surface area contributed by atoms with E-state index in [1.807, 2.05) is 6.92 Å². The highest BCUT2D eigenvalue weighted by molar-refractivity contribution is 6.37. The predicted octanol–water partition coefficient (Wildman–Crippen LogP) is 3.64. The van der Waals surface area contributed by atoms with Gasteiger partial charge in [0.25, 0.3) is 5.91 Å². The molecule has 3 heterocycles. The first-order valence-electron chi connectivity index (χ1n) is 8.53. The highest BCUT2D eigenvalue weighted by Gasteiger charge is 2.22. The van der Waals surface area contributed by atoms with E-state index in [2.05, 4.69) is 20.5 Å². The van der Waals surface area contributed by atoms with Crippen LogP contribution in [0.5, 0.6) is 0 Å². The summed E-state index contributed by atoms with van der Waals surface area (Å²) >= 11 is 6.26. The van der Waals surface area contributed by atoms with E-state index in [0.717, 1.165) is 0 Å². The van der Waals surface area contributed by atoms with E-state index in [1.165, 1.54) is 10.6 Å². The fraction of sp³-hybridized carbons (Fsp3) is 0.158. The molecule has 0 atom stereocenters. The van der Waals surface area contributed by atoms with Crippen molar-refractivity contribution in [1.29, 1.82) is 0 Å². The second kappa shape index (κ2) is 7.05. The summed E-state index contributed by atoms with van der Waals surface area (Å²) in [4.78, 5) is 16.9. The van der Waals surface area contributed by atoms with Crippen molar-refractivity contribution in [3.8, 4) is 0 Å². The quantitative estimate of drug-likeness (QED) is 0.569. The minimum absolute atomic E-state index is 0.0704. The maximum Gasteiger partial charge on any atom is 0.277 e. The van der Waals surface area contributed by atoms with Crippen LogP contribution >= 0.6 is 11.6 Å². The largest absolute Gasteiger partial charge is 0.317 e. The van der Waals surface area contributed by atoms with Crippen LogP contribution in [-0.2, 0) is 6.54 Å². The first kappa shape index (κ1) is 18.1. The Morgan fingerprint density at radius 2 is 2.00 bits per heavy atom. The van der Waals surface area contributed by atoms with E-state index in [-0.39, 0.29) is 23.1 Å². The van der Waals surface area contributed by atoms with Gasteiger partial charge in [0.2, 0.25) is 0 Å². The summed E-state index contributed by atoms with van der Waals surface area (Å²) in [6, 6.07) is 8.21. The molecule has 4 aromatic rings. The third-order valence-corrected chi connectivity index (χ3v) is 4.80. The Morgan fingerprint density at radius 1 is 1.21 bits per heavy atom. The van der Waals surface area contributed by atoms with Gasteiger partial charge in [-0.15, -0.1) is 0 Å². The van der Waals surface area contributed by atoms with Crippen LogP contribution in [0.1, 0.15) is 27.4 Å². The van der Waals surface area contributed by atoms with Gasteiger partial charge in [-0.2, -0.15) is 10.2 Å². The molecule has 1 N–H and O–H groups in total. The molecule has 0 bridgehead atoms. The molecule has 0 unspecified atom stereocenters. The first-order chi connectivity index (χ1) is 13.5. The van der Waals surface area contributed by atoms with Gasteiger partial charge in [-0.1, -0.05) is 29.8 Å². The summed E-state index contributed by atoms with van der Waals surface area (Å²) in [6.45, 7) is 3.84. The molecule has 7 nitrogen and oxygen atoms in total. The number of hydrogen-bond donors (Lipinski definition) is 1. The molecule has 1 amide bonds. The SMILES string of the molecule is Cc1nn(Cc2ccccc2F)c(C)c1NC(=O)c1nn2cccnc2c1Cl. The Labute approximate surface area is 164 Å². The van der Waals surface area contributed by atoms with E-state index >= 15 is 0 Å². The summed E-state index contributed by atoms with van der Waals surface area (Å²) in [7, 11) is 0. The van der Waals surface area contributed by atoms with Crippen molar-refractivity contribution in [1.82, 2.24) is 24.4 Å². The zero-order chi connectivity index (χ0) is 19.8. The van der Waals surface area contributed by atoms with Crippen molar-refractivity contribution >= 4 is 28.8 Å².